The van der Waals surface area contributed by atoms with E-state index in [4.69, 9.17) is 0 Å². The Labute approximate surface area is 128 Å². The van der Waals surface area contributed by atoms with Gasteiger partial charge < -0.3 is 4.57 Å². The molecule has 0 bridgehead atoms. The van der Waals surface area contributed by atoms with Crippen LogP contribution in [0.1, 0.15) is 30.1 Å². The molecule has 0 saturated heterocycles. The summed E-state index contributed by atoms with van der Waals surface area (Å²) in [6, 6.07) is 8.25. The van der Waals surface area contributed by atoms with Gasteiger partial charge in [-0.25, -0.2) is 9.67 Å². The first kappa shape index (κ1) is 13.2. The van der Waals surface area contributed by atoms with Crippen LogP contribution in [-0.4, -0.2) is 29.5 Å². The Balaban J connectivity index is 1.88. The monoisotopic (exact) mass is 294 g/mol. The molecule has 0 spiro atoms. The molecule has 0 radical (unpaired) electrons. The molecule has 4 rings (SSSR count). The van der Waals surface area contributed by atoms with E-state index in [1.807, 2.05) is 23.7 Å². The van der Waals surface area contributed by atoms with Gasteiger partial charge in [-0.3, -0.25) is 0 Å². The van der Waals surface area contributed by atoms with Crippen LogP contribution >= 0.6 is 0 Å². The number of fused-ring (bicyclic) bond motifs is 1. The molecule has 0 atom stereocenters. The first-order valence-corrected chi connectivity index (χ1v) is 7.65. The molecule has 3 aromatic rings. The fourth-order valence-corrected chi connectivity index (χ4v) is 2.97. The van der Waals surface area contributed by atoms with Crippen molar-refractivity contribution in [2.24, 2.45) is 0 Å². The van der Waals surface area contributed by atoms with Crippen molar-refractivity contribution in [2.45, 2.75) is 39.7 Å². The van der Waals surface area contributed by atoms with Gasteiger partial charge >= 0.3 is 0 Å². The molecule has 0 N–H and O–H groups in total. The average Bonchev–Trinajstić information content (AvgIpc) is 3.10. The smallest absolute Gasteiger partial charge is 0.202 e. The summed E-state index contributed by atoms with van der Waals surface area (Å²) in [4.78, 5) is 4.60. The lowest BCUT2D eigenvalue weighted by atomic mass is 10.1. The van der Waals surface area contributed by atoms with E-state index in [0.29, 0.717) is 0 Å². The van der Waals surface area contributed by atoms with Gasteiger partial charge in [0.05, 0.1) is 5.69 Å². The molecule has 6 nitrogen and oxygen atoms in total. The van der Waals surface area contributed by atoms with Crippen molar-refractivity contribution in [3.05, 3.63) is 41.5 Å². The summed E-state index contributed by atoms with van der Waals surface area (Å²) in [5.41, 5.74) is 2.20. The molecule has 3 heterocycles. The molecule has 6 heteroatoms. The molecule has 1 aliphatic rings. The average molecular weight is 294 g/mol. The standard InChI is InChI=1S/C16H18N6/c1-11-6-5-7-13(10-11)22-15(17-12(2)20-22)16-19-18-14-8-3-4-9-21(14)16/h5-7,10H,3-4,8-9H2,1-2H3. The summed E-state index contributed by atoms with van der Waals surface area (Å²) < 4.78 is 4.05. The maximum Gasteiger partial charge on any atom is 0.202 e. The maximum atomic E-state index is 4.60. The Morgan fingerprint density at radius 1 is 1.05 bits per heavy atom. The molecule has 112 valence electrons. The van der Waals surface area contributed by atoms with Crippen LogP contribution in [0, 0.1) is 13.8 Å². The summed E-state index contributed by atoms with van der Waals surface area (Å²) >= 11 is 0. The minimum atomic E-state index is 0.740. The van der Waals surface area contributed by atoms with Crippen LogP contribution in [0.25, 0.3) is 17.3 Å². The van der Waals surface area contributed by atoms with E-state index in [0.717, 1.165) is 48.4 Å². The molecule has 0 unspecified atom stereocenters. The van der Waals surface area contributed by atoms with Crippen molar-refractivity contribution in [1.29, 1.82) is 0 Å². The predicted molar refractivity (Wildman–Crippen MR) is 82.8 cm³/mol. The molecule has 1 aromatic carbocycles. The van der Waals surface area contributed by atoms with Crippen LogP contribution < -0.4 is 0 Å². The lowest BCUT2D eigenvalue weighted by molar-refractivity contribution is 0.524. The summed E-state index contributed by atoms with van der Waals surface area (Å²) in [7, 11) is 0. The van der Waals surface area contributed by atoms with Crippen LogP contribution in [0.4, 0.5) is 0 Å². The highest BCUT2D eigenvalue weighted by molar-refractivity contribution is 5.50. The maximum absolute atomic E-state index is 4.60. The van der Waals surface area contributed by atoms with E-state index in [-0.39, 0.29) is 0 Å². The number of hydrogen-bond acceptors (Lipinski definition) is 4. The van der Waals surface area contributed by atoms with Crippen LogP contribution in [0.15, 0.2) is 24.3 Å². The van der Waals surface area contributed by atoms with Gasteiger partial charge in [0, 0.05) is 13.0 Å². The highest BCUT2D eigenvalue weighted by Gasteiger charge is 2.22. The molecule has 0 saturated carbocycles. The molecule has 22 heavy (non-hydrogen) atoms. The van der Waals surface area contributed by atoms with E-state index in [2.05, 4.69) is 43.9 Å². The van der Waals surface area contributed by atoms with E-state index in [1.54, 1.807) is 0 Å². The minimum Gasteiger partial charge on any atom is -0.308 e. The summed E-state index contributed by atoms with van der Waals surface area (Å²) in [6.45, 7) is 4.94. The van der Waals surface area contributed by atoms with Gasteiger partial charge in [-0.1, -0.05) is 12.1 Å². The zero-order valence-electron chi connectivity index (χ0n) is 12.8. The van der Waals surface area contributed by atoms with Gasteiger partial charge in [0.1, 0.15) is 11.6 Å². The third-order valence-corrected chi connectivity index (χ3v) is 4.02. The summed E-state index contributed by atoms with van der Waals surface area (Å²) in [5, 5.41) is 13.3. The van der Waals surface area contributed by atoms with Gasteiger partial charge in [0.2, 0.25) is 11.6 Å². The van der Waals surface area contributed by atoms with Crippen molar-refractivity contribution < 1.29 is 0 Å². The second-order valence-electron chi connectivity index (χ2n) is 5.78. The second-order valence-corrected chi connectivity index (χ2v) is 5.78. The number of aryl methyl sites for hydroxylation is 3. The Hall–Kier alpha value is -2.50. The Morgan fingerprint density at radius 2 is 1.95 bits per heavy atom. The fourth-order valence-electron chi connectivity index (χ4n) is 2.97. The summed E-state index contributed by atoms with van der Waals surface area (Å²) in [6.07, 6.45) is 3.34. The molecule has 0 aliphatic carbocycles. The quantitative estimate of drug-likeness (QED) is 0.728. The topological polar surface area (TPSA) is 61.4 Å². The van der Waals surface area contributed by atoms with E-state index >= 15 is 0 Å². The number of benzene rings is 1. The second kappa shape index (κ2) is 5.05. The number of hydrogen-bond donors (Lipinski definition) is 0. The minimum absolute atomic E-state index is 0.740. The van der Waals surface area contributed by atoms with E-state index in [1.165, 1.54) is 12.0 Å². The van der Waals surface area contributed by atoms with Crippen LogP contribution in [-0.2, 0) is 13.0 Å². The largest absolute Gasteiger partial charge is 0.308 e. The van der Waals surface area contributed by atoms with Crippen LogP contribution in [0.5, 0.6) is 0 Å². The molecule has 0 amide bonds. The van der Waals surface area contributed by atoms with Crippen molar-refractivity contribution >= 4 is 0 Å². The van der Waals surface area contributed by atoms with Gasteiger partial charge in [0.25, 0.3) is 0 Å². The number of aromatic nitrogens is 6. The Kier molecular flexibility index (Phi) is 3.03. The lowest BCUT2D eigenvalue weighted by Gasteiger charge is -2.14. The third-order valence-electron chi connectivity index (χ3n) is 4.02. The van der Waals surface area contributed by atoms with Gasteiger partial charge in [-0.05, 0) is 44.4 Å². The predicted octanol–water partition coefficient (Wildman–Crippen LogP) is 2.48. The van der Waals surface area contributed by atoms with Gasteiger partial charge in [-0.2, -0.15) is 5.10 Å². The third kappa shape index (κ3) is 2.11. The Morgan fingerprint density at radius 3 is 2.82 bits per heavy atom. The first-order chi connectivity index (χ1) is 10.7. The normalized spacial score (nSPS) is 14.1. The highest BCUT2D eigenvalue weighted by Crippen LogP contribution is 2.24. The van der Waals surface area contributed by atoms with E-state index in [9.17, 15) is 0 Å². The Bertz CT molecular complexity index is 829. The zero-order valence-corrected chi connectivity index (χ0v) is 12.8. The first-order valence-electron chi connectivity index (χ1n) is 7.65. The molecular weight excluding hydrogens is 276 g/mol. The van der Waals surface area contributed by atoms with Crippen molar-refractivity contribution in [2.75, 3.05) is 0 Å². The zero-order chi connectivity index (χ0) is 15.1. The van der Waals surface area contributed by atoms with E-state index < -0.39 is 0 Å². The van der Waals surface area contributed by atoms with Crippen molar-refractivity contribution in [3.63, 3.8) is 0 Å². The van der Waals surface area contributed by atoms with Crippen LogP contribution in [0.3, 0.4) is 0 Å². The molecular formula is C16H18N6. The lowest BCUT2D eigenvalue weighted by Crippen LogP contribution is -2.13. The molecule has 1 aliphatic heterocycles. The van der Waals surface area contributed by atoms with Gasteiger partial charge in [-0.15, -0.1) is 10.2 Å². The highest BCUT2D eigenvalue weighted by atomic mass is 15.4. The molecule has 2 aromatic heterocycles. The molecule has 0 fully saturated rings. The summed E-state index contributed by atoms with van der Waals surface area (Å²) in [5.74, 6) is 3.38. The SMILES string of the molecule is Cc1cccc(-n2nc(C)nc2-c2nnc3n2CCCC3)c1. The van der Waals surface area contributed by atoms with Crippen molar-refractivity contribution in [3.8, 4) is 17.3 Å². The number of nitrogens with zero attached hydrogens (tertiary/aromatic N) is 6. The van der Waals surface area contributed by atoms with Gasteiger partial charge in [0.15, 0.2) is 0 Å². The van der Waals surface area contributed by atoms with Crippen molar-refractivity contribution in [1.82, 2.24) is 29.5 Å². The fraction of sp³-hybridized carbons (Fsp3) is 0.375. The van der Waals surface area contributed by atoms with Crippen LogP contribution in [0.2, 0.25) is 0 Å². The number of rotatable bonds is 2.